The van der Waals surface area contributed by atoms with E-state index >= 15 is 0 Å². The zero-order chi connectivity index (χ0) is 35.4. The average molecular weight is 675 g/mol. The van der Waals surface area contributed by atoms with Crippen molar-refractivity contribution >= 4 is 19.8 Å². The minimum absolute atomic E-state index is 0.478. The van der Waals surface area contributed by atoms with Crippen LogP contribution in [0.5, 0.6) is 0 Å². The highest BCUT2D eigenvalue weighted by Gasteiger charge is 2.41. The van der Waals surface area contributed by atoms with Crippen LogP contribution in [-0.4, -0.2) is 32.4 Å². The van der Waals surface area contributed by atoms with E-state index in [1.165, 1.54) is 43.2 Å². The summed E-state index contributed by atoms with van der Waals surface area (Å²) in [5.41, 5.74) is 14.0. The highest BCUT2D eigenvalue weighted by atomic mass is 32.3. The van der Waals surface area contributed by atoms with Crippen LogP contribution in [0.3, 0.4) is 0 Å². The van der Waals surface area contributed by atoms with Gasteiger partial charge in [0.1, 0.15) is 0 Å². The van der Waals surface area contributed by atoms with Crippen LogP contribution in [0, 0.1) is 17.8 Å². The van der Waals surface area contributed by atoms with Crippen LogP contribution in [0.25, 0.3) is 32.6 Å². The molecule has 2 aliphatic rings. The van der Waals surface area contributed by atoms with Crippen molar-refractivity contribution in [1.82, 2.24) is 19.9 Å². The minimum Gasteiger partial charge on any atom is -0.255 e. The Morgan fingerprint density at radius 3 is 1.88 bits per heavy atom. The molecule has 0 fully saturated rings. The number of rotatable bonds is 9. The van der Waals surface area contributed by atoms with E-state index in [0.29, 0.717) is 5.92 Å². The molecule has 5 heterocycles. The fourth-order valence-electron chi connectivity index (χ4n) is 7.01. The molecule has 4 aromatic rings. The third-order valence-corrected chi connectivity index (χ3v) is 11.8. The Bertz CT molecular complexity index is 2180. The maximum Gasteiger partial charge on any atom is 0.0893 e. The monoisotopic (exact) mass is 674 g/mol. The van der Waals surface area contributed by atoms with Crippen molar-refractivity contribution in [3.63, 3.8) is 0 Å². The number of nitrogens with zero attached hydrogens (tertiary/aromatic N) is 4. The Kier molecular flexibility index (Phi) is 10.3. The van der Waals surface area contributed by atoms with Gasteiger partial charge in [0, 0.05) is 39.8 Å². The second-order valence-electron chi connectivity index (χ2n) is 13.9. The lowest BCUT2D eigenvalue weighted by molar-refractivity contribution is 0.824. The molecule has 50 heavy (non-hydrogen) atoms. The van der Waals surface area contributed by atoms with Crippen molar-refractivity contribution in [2.75, 3.05) is 12.5 Å². The van der Waals surface area contributed by atoms with Crippen LogP contribution in [0.15, 0.2) is 142 Å². The third kappa shape index (κ3) is 7.42. The van der Waals surface area contributed by atoms with Crippen molar-refractivity contribution in [1.29, 1.82) is 0 Å². The summed E-state index contributed by atoms with van der Waals surface area (Å²) in [6, 6.07) is 24.6. The molecule has 0 spiro atoms. The van der Waals surface area contributed by atoms with Crippen LogP contribution < -0.4 is 0 Å². The van der Waals surface area contributed by atoms with Crippen LogP contribution in [-0.2, 0) is 0 Å². The van der Waals surface area contributed by atoms with Crippen LogP contribution in [0.4, 0.5) is 0 Å². The van der Waals surface area contributed by atoms with Crippen molar-refractivity contribution in [2.45, 2.75) is 54.4 Å². The summed E-state index contributed by atoms with van der Waals surface area (Å²) in [6.07, 6.45) is 16.9. The summed E-state index contributed by atoms with van der Waals surface area (Å²) in [5.74, 6) is 7.64. The highest BCUT2D eigenvalue weighted by Crippen LogP contribution is 2.72. The molecule has 0 amide bonds. The molecule has 0 unspecified atom stereocenters. The Morgan fingerprint density at radius 1 is 0.760 bits per heavy atom. The molecular formula is C45H46N4S. The van der Waals surface area contributed by atoms with E-state index in [4.69, 9.17) is 9.97 Å². The number of allylic oxidation sites excluding steroid dienone is 10. The van der Waals surface area contributed by atoms with Crippen molar-refractivity contribution in [3.05, 3.63) is 154 Å². The van der Waals surface area contributed by atoms with Gasteiger partial charge >= 0.3 is 0 Å². The second kappa shape index (κ2) is 14.8. The topological polar surface area (TPSA) is 51.6 Å². The summed E-state index contributed by atoms with van der Waals surface area (Å²) in [7, 11) is -1.69. The molecule has 0 atom stereocenters. The molecule has 252 valence electrons. The summed E-state index contributed by atoms with van der Waals surface area (Å²) in [4.78, 5) is 22.5. The number of pyridine rings is 4. The van der Waals surface area contributed by atoms with E-state index in [1.54, 1.807) is 0 Å². The largest absolute Gasteiger partial charge is 0.255 e. The molecule has 0 bridgehead atoms. The summed E-state index contributed by atoms with van der Waals surface area (Å²) in [6.45, 7) is 13.3. The van der Waals surface area contributed by atoms with Gasteiger partial charge in [0.15, 0.2) is 0 Å². The predicted octanol–water partition coefficient (Wildman–Crippen LogP) is 11.4. The van der Waals surface area contributed by atoms with Gasteiger partial charge in [-0.3, -0.25) is 9.97 Å². The predicted molar refractivity (Wildman–Crippen MR) is 214 cm³/mol. The van der Waals surface area contributed by atoms with Gasteiger partial charge in [-0.15, -0.1) is 0 Å². The number of hydrogen-bond acceptors (Lipinski definition) is 4. The third-order valence-electron chi connectivity index (χ3n) is 8.86. The van der Waals surface area contributed by atoms with Gasteiger partial charge in [0.05, 0.1) is 34.2 Å². The summed E-state index contributed by atoms with van der Waals surface area (Å²) >= 11 is 0. The highest BCUT2D eigenvalue weighted by molar-refractivity contribution is 8.47. The lowest BCUT2D eigenvalue weighted by Gasteiger charge is -2.33. The summed E-state index contributed by atoms with van der Waals surface area (Å²) < 4.78 is 0. The maximum atomic E-state index is 5.35. The SMILES string of the molecule is CC1=CC(C)=C(C2=C(c3cccc(-c4ccccn4)n3)S(C)(C)C(c3cccc(-c4ccccn4)n3)=C2C/C(C)=C\C(C)=C/C(C)C)C#CC1. The first-order valence-corrected chi connectivity index (χ1v) is 19.7. The van der Waals surface area contributed by atoms with Gasteiger partial charge in [-0.1, -0.05) is 84.9 Å². The van der Waals surface area contributed by atoms with Crippen LogP contribution in [0.1, 0.15) is 65.8 Å². The van der Waals surface area contributed by atoms with E-state index in [9.17, 15) is 0 Å². The number of aromatic nitrogens is 4. The van der Waals surface area contributed by atoms with Gasteiger partial charge in [0.25, 0.3) is 0 Å². The zero-order valence-corrected chi connectivity index (χ0v) is 31.3. The minimum atomic E-state index is -1.69. The van der Waals surface area contributed by atoms with Gasteiger partial charge in [0.2, 0.25) is 0 Å². The van der Waals surface area contributed by atoms with E-state index in [2.05, 4.69) is 130 Å². The fourth-order valence-corrected chi connectivity index (χ4v) is 10.0. The first-order valence-electron chi connectivity index (χ1n) is 17.2. The smallest absolute Gasteiger partial charge is 0.0893 e. The molecule has 1 aliphatic heterocycles. The Balaban J connectivity index is 1.67. The quantitative estimate of drug-likeness (QED) is 0.131. The molecule has 4 nitrogen and oxygen atoms in total. The Labute approximate surface area is 300 Å². The van der Waals surface area contributed by atoms with Gasteiger partial charge in [-0.05, 0) is 112 Å². The molecule has 0 N–H and O–H groups in total. The van der Waals surface area contributed by atoms with Crippen LogP contribution >= 0.6 is 10.0 Å². The molecule has 5 heteroatoms. The van der Waals surface area contributed by atoms with E-state index in [1.807, 2.05) is 48.8 Å². The van der Waals surface area contributed by atoms with E-state index in [-0.39, 0.29) is 0 Å². The van der Waals surface area contributed by atoms with Crippen LogP contribution in [0.2, 0.25) is 0 Å². The molecule has 0 radical (unpaired) electrons. The number of hydrogen-bond donors (Lipinski definition) is 0. The van der Waals surface area contributed by atoms with E-state index < -0.39 is 10.0 Å². The molecule has 0 aromatic carbocycles. The molecule has 6 rings (SSSR count). The Hall–Kier alpha value is -5.05. The average Bonchev–Trinajstić information content (AvgIpc) is 3.18. The van der Waals surface area contributed by atoms with Gasteiger partial charge < -0.3 is 0 Å². The lowest BCUT2D eigenvalue weighted by atomic mass is 9.88. The second-order valence-corrected chi connectivity index (χ2v) is 17.4. The first-order chi connectivity index (χ1) is 24.0. The molecule has 1 aliphatic carbocycles. The first kappa shape index (κ1) is 34.8. The zero-order valence-electron chi connectivity index (χ0n) is 30.5. The molecular weight excluding hydrogens is 629 g/mol. The van der Waals surface area contributed by atoms with Gasteiger partial charge in [-0.25, -0.2) is 9.97 Å². The van der Waals surface area contributed by atoms with Crippen molar-refractivity contribution in [2.24, 2.45) is 5.92 Å². The van der Waals surface area contributed by atoms with Crippen molar-refractivity contribution < 1.29 is 0 Å². The maximum absolute atomic E-state index is 5.35. The fraction of sp³-hybridized carbons (Fsp3) is 0.244. The molecule has 4 aromatic heterocycles. The Morgan fingerprint density at radius 2 is 1.32 bits per heavy atom. The standard InChI is InChI=1S/C45H46N4S/c1-30(2)26-32(4)27-33(5)29-36-43(35-17-13-16-31(3)28-34(35)6)45(42-23-15-21-40(49-42)38-19-10-12-25-47-38)50(7,8)44(36)41-22-14-20-39(48-41)37-18-9-11-24-46-37/h9-12,14-15,18-28,30H,16,29H2,1-8H3/b32-26-,33-27-. The lowest BCUT2D eigenvalue weighted by Crippen LogP contribution is -2.04. The molecule has 0 saturated carbocycles. The van der Waals surface area contributed by atoms with Gasteiger partial charge in [-0.2, -0.15) is 10.0 Å². The van der Waals surface area contributed by atoms with E-state index in [0.717, 1.165) is 52.6 Å². The summed E-state index contributed by atoms with van der Waals surface area (Å²) in [5, 5.41) is 0. The normalized spacial score (nSPS) is 17.1. The molecule has 0 saturated heterocycles. The van der Waals surface area contributed by atoms with Crippen molar-refractivity contribution in [3.8, 4) is 34.6 Å².